The molecule has 7 aromatic carbocycles. The van der Waals surface area contributed by atoms with Crippen LogP contribution in [0.3, 0.4) is 0 Å². The Morgan fingerprint density at radius 1 is 0.419 bits per heavy atom. The second-order valence-corrected chi connectivity index (χ2v) is 16.6. The largest absolute Gasteiger partial charge is 0.333 e. The summed E-state index contributed by atoms with van der Waals surface area (Å²) < 4.78 is 2.32. The highest BCUT2D eigenvalue weighted by molar-refractivity contribution is 7.25. The number of aromatic nitrogens is 6. The summed E-state index contributed by atoms with van der Waals surface area (Å²) in [5.41, 5.74) is 10.5. The molecule has 1 aliphatic heterocycles. The minimum atomic E-state index is 0.237. The minimum absolute atomic E-state index is 0.237. The van der Waals surface area contributed by atoms with Gasteiger partial charge in [-0.3, -0.25) is 0 Å². The van der Waals surface area contributed by atoms with Crippen molar-refractivity contribution >= 4 is 48.5 Å². The smallest absolute Gasteiger partial charge is 0.164 e. The standard InChI is InChI=1S/C54H35N7S/c1-5-15-34(16-6-1)49-55-50(35-17-7-2-8-18-35)59-54(58-49)39-26-29-43-44-31-37(27-30-47(44)62-48(43)33-39)52-56-51(36-19-9-3-10-20-36)57-53(60-52)38-25-28-42-41-23-13-14-24-45(41)61(46(42)32-38)40-21-11-4-12-22-40/h1-23,25-33,45H,24H2. The van der Waals surface area contributed by atoms with Crippen LogP contribution in [0.25, 0.3) is 94.1 Å². The molecule has 0 fully saturated rings. The fourth-order valence-electron chi connectivity index (χ4n) is 8.66. The fraction of sp³-hybridized carbons (Fsp3) is 0.0370. The summed E-state index contributed by atoms with van der Waals surface area (Å²) in [4.78, 5) is 32.8. The Morgan fingerprint density at radius 3 is 1.48 bits per heavy atom. The number of hydrogen-bond donors (Lipinski definition) is 0. The van der Waals surface area contributed by atoms with Crippen molar-refractivity contribution in [1.82, 2.24) is 29.9 Å². The Bertz CT molecular complexity index is 3330. The molecule has 1 unspecified atom stereocenters. The van der Waals surface area contributed by atoms with E-state index in [1.54, 1.807) is 11.3 Å². The van der Waals surface area contributed by atoms with Gasteiger partial charge in [-0.25, -0.2) is 29.9 Å². The molecule has 1 aliphatic carbocycles. The van der Waals surface area contributed by atoms with Gasteiger partial charge in [-0.1, -0.05) is 152 Å². The third kappa shape index (κ3) is 6.36. The third-order valence-electron chi connectivity index (χ3n) is 11.7. The Hall–Kier alpha value is -7.94. The van der Waals surface area contributed by atoms with Gasteiger partial charge in [0.15, 0.2) is 34.9 Å². The van der Waals surface area contributed by atoms with E-state index in [1.165, 1.54) is 21.5 Å². The van der Waals surface area contributed by atoms with Crippen LogP contribution in [0.15, 0.2) is 194 Å². The molecule has 0 N–H and O–H groups in total. The molecule has 10 aromatic rings. The number of fused-ring (bicyclic) bond motifs is 6. The lowest BCUT2D eigenvalue weighted by atomic mass is 9.95. The van der Waals surface area contributed by atoms with Crippen LogP contribution in [0.1, 0.15) is 12.0 Å². The van der Waals surface area contributed by atoms with Gasteiger partial charge in [0.2, 0.25) is 0 Å². The number of para-hydroxylation sites is 1. The van der Waals surface area contributed by atoms with Gasteiger partial charge in [0.25, 0.3) is 0 Å². The highest BCUT2D eigenvalue weighted by atomic mass is 32.1. The number of anilines is 2. The van der Waals surface area contributed by atoms with Crippen molar-refractivity contribution in [3.63, 3.8) is 0 Å². The van der Waals surface area contributed by atoms with Crippen LogP contribution in [-0.2, 0) is 0 Å². The summed E-state index contributed by atoms with van der Waals surface area (Å²) in [5.74, 6) is 3.81. The molecule has 2 aliphatic rings. The molecule has 3 aromatic heterocycles. The Morgan fingerprint density at radius 2 is 0.903 bits per heavy atom. The van der Waals surface area contributed by atoms with E-state index in [9.17, 15) is 0 Å². The molecule has 8 heteroatoms. The van der Waals surface area contributed by atoms with E-state index in [-0.39, 0.29) is 6.04 Å². The van der Waals surface area contributed by atoms with Crippen molar-refractivity contribution in [2.75, 3.05) is 4.90 Å². The summed E-state index contributed by atoms with van der Waals surface area (Å²) >= 11 is 1.76. The Kier molecular flexibility index (Phi) is 8.67. The first kappa shape index (κ1) is 36.0. The van der Waals surface area contributed by atoms with Crippen molar-refractivity contribution in [2.24, 2.45) is 0 Å². The quantitative estimate of drug-likeness (QED) is 0.158. The second-order valence-electron chi connectivity index (χ2n) is 15.5. The van der Waals surface area contributed by atoms with E-state index < -0.39 is 0 Å². The van der Waals surface area contributed by atoms with E-state index in [0.29, 0.717) is 34.9 Å². The monoisotopic (exact) mass is 813 g/mol. The summed E-state index contributed by atoms with van der Waals surface area (Å²) in [7, 11) is 0. The molecule has 0 radical (unpaired) electrons. The molecule has 0 bridgehead atoms. The first-order valence-corrected chi connectivity index (χ1v) is 21.5. The SMILES string of the molecule is C1=CCC2C(=C1)c1ccc(-c3nc(-c4ccccc4)nc(-c4ccc5sc6cc(-c7nc(-c8ccccc8)nc(-c8ccccc8)n7)ccc6c5c4)n3)cc1N2c1ccccc1. The van der Waals surface area contributed by atoms with Crippen molar-refractivity contribution in [2.45, 2.75) is 12.5 Å². The molecule has 0 saturated carbocycles. The van der Waals surface area contributed by atoms with Crippen LogP contribution in [-0.4, -0.2) is 35.9 Å². The van der Waals surface area contributed by atoms with Gasteiger partial charge < -0.3 is 4.90 Å². The number of benzene rings is 7. The highest BCUT2D eigenvalue weighted by Crippen LogP contribution is 2.48. The average Bonchev–Trinajstić information content (AvgIpc) is 3.89. The van der Waals surface area contributed by atoms with E-state index >= 15 is 0 Å². The number of hydrogen-bond acceptors (Lipinski definition) is 8. The lowest BCUT2D eigenvalue weighted by molar-refractivity contribution is 0.829. The van der Waals surface area contributed by atoms with Gasteiger partial charge in [0, 0.05) is 64.8 Å². The average molecular weight is 814 g/mol. The van der Waals surface area contributed by atoms with E-state index in [2.05, 4.69) is 120 Å². The molecule has 62 heavy (non-hydrogen) atoms. The predicted molar refractivity (Wildman–Crippen MR) is 253 cm³/mol. The van der Waals surface area contributed by atoms with E-state index in [1.807, 2.05) is 78.9 Å². The maximum absolute atomic E-state index is 5.22. The zero-order valence-electron chi connectivity index (χ0n) is 33.3. The Balaban J connectivity index is 0.959. The predicted octanol–water partition coefficient (Wildman–Crippen LogP) is 13.3. The van der Waals surface area contributed by atoms with Gasteiger partial charge in [-0.05, 0) is 54.5 Å². The molecule has 4 heterocycles. The lowest BCUT2D eigenvalue weighted by Gasteiger charge is -2.28. The fourth-order valence-corrected chi connectivity index (χ4v) is 9.79. The Labute approximate surface area is 362 Å². The van der Waals surface area contributed by atoms with Crippen LogP contribution in [0.5, 0.6) is 0 Å². The van der Waals surface area contributed by atoms with Crippen molar-refractivity contribution < 1.29 is 0 Å². The van der Waals surface area contributed by atoms with Gasteiger partial charge in [-0.2, -0.15) is 0 Å². The van der Waals surface area contributed by atoms with Gasteiger partial charge >= 0.3 is 0 Å². The normalized spacial score (nSPS) is 14.2. The molecular formula is C54H35N7S. The molecule has 0 amide bonds. The summed E-state index contributed by atoms with van der Waals surface area (Å²) in [6.45, 7) is 0. The number of rotatable bonds is 7. The van der Waals surface area contributed by atoms with Crippen molar-refractivity contribution in [1.29, 1.82) is 0 Å². The lowest BCUT2D eigenvalue weighted by Crippen LogP contribution is -2.27. The molecular weight excluding hydrogens is 779 g/mol. The molecule has 292 valence electrons. The first-order valence-electron chi connectivity index (χ1n) is 20.7. The number of nitrogens with zero attached hydrogens (tertiary/aromatic N) is 7. The van der Waals surface area contributed by atoms with Crippen LogP contribution in [0, 0.1) is 0 Å². The molecule has 12 rings (SSSR count). The number of thiophene rings is 1. The maximum Gasteiger partial charge on any atom is 0.164 e. The van der Waals surface area contributed by atoms with E-state index in [4.69, 9.17) is 29.9 Å². The number of allylic oxidation sites excluding steroid dienone is 2. The molecule has 0 spiro atoms. The van der Waals surface area contributed by atoms with Crippen LogP contribution in [0.2, 0.25) is 0 Å². The highest BCUT2D eigenvalue weighted by Gasteiger charge is 2.35. The van der Waals surface area contributed by atoms with Crippen LogP contribution in [0.4, 0.5) is 11.4 Å². The topological polar surface area (TPSA) is 80.6 Å². The van der Waals surface area contributed by atoms with Crippen LogP contribution >= 0.6 is 11.3 Å². The molecule has 1 atom stereocenters. The summed E-state index contributed by atoms with van der Waals surface area (Å²) in [6.07, 6.45) is 7.63. The van der Waals surface area contributed by atoms with Gasteiger partial charge in [0.05, 0.1) is 11.7 Å². The zero-order valence-corrected chi connectivity index (χ0v) is 34.1. The summed E-state index contributed by atoms with van der Waals surface area (Å²) in [5, 5.41) is 2.29. The van der Waals surface area contributed by atoms with Gasteiger partial charge in [0.1, 0.15) is 0 Å². The summed E-state index contributed by atoms with van der Waals surface area (Å²) in [6, 6.07) is 60.9. The molecule has 0 saturated heterocycles. The van der Waals surface area contributed by atoms with Crippen LogP contribution < -0.4 is 4.90 Å². The van der Waals surface area contributed by atoms with Crippen molar-refractivity contribution in [3.05, 3.63) is 200 Å². The second kappa shape index (κ2) is 15.0. The van der Waals surface area contributed by atoms with Gasteiger partial charge in [-0.15, -0.1) is 11.3 Å². The minimum Gasteiger partial charge on any atom is -0.333 e. The molecule has 7 nitrogen and oxygen atoms in total. The third-order valence-corrected chi connectivity index (χ3v) is 12.8. The zero-order chi connectivity index (χ0) is 41.0. The maximum atomic E-state index is 5.22. The first-order chi connectivity index (χ1) is 30.7. The van der Waals surface area contributed by atoms with E-state index in [0.717, 1.165) is 61.0 Å². The van der Waals surface area contributed by atoms with Crippen molar-refractivity contribution in [3.8, 4) is 68.3 Å².